The van der Waals surface area contributed by atoms with Gasteiger partial charge in [0.2, 0.25) is 0 Å². The predicted octanol–water partition coefficient (Wildman–Crippen LogP) is 1.02. The summed E-state index contributed by atoms with van der Waals surface area (Å²) in [6.07, 6.45) is 1.56. The number of hydrogen-bond acceptors (Lipinski definition) is 4. The number of Topliss-reactive ketones (excluding diaryl/α,β-unsaturated/α-hetero) is 1. The first-order valence-corrected chi connectivity index (χ1v) is 4.48. The number of halogens is 1. The first-order valence-electron chi connectivity index (χ1n) is 3.69. The molecule has 0 bridgehead atoms. The zero-order chi connectivity index (χ0) is 10.0. The Morgan fingerprint density at radius 3 is 2.85 bits per heavy atom. The summed E-state index contributed by atoms with van der Waals surface area (Å²) in [4.78, 5) is 14.9. The van der Waals surface area contributed by atoms with Crippen molar-refractivity contribution in [2.75, 3.05) is 5.73 Å². The first-order chi connectivity index (χ1) is 6.02. The summed E-state index contributed by atoms with van der Waals surface area (Å²) in [6, 6.07) is 1.01. The number of pyridine rings is 1. The SMILES string of the molecule is CC(=O)C(N)c1cc(Br)cnc1N. The third kappa shape index (κ3) is 2.26. The lowest BCUT2D eigenvalue weighted by Gasteiger charge is -2.10. The van der Waals surface area contributed by atoms with Crippen molar-refractivity contribution in [2.45, 2.75) is 13.0 Å². The molecule has 1 aromatic rings. The van der Waals surface area contributed by atoms with Gasteiger partial charge < -0.3 is 11.5 Å². The molecule has 1 heterocycles. The van der Waals surface area contributed by atoms with E-state index in [4.69, 9.17) is 11.5 Å². The van der Waals surface area contributed by atoms with Crippen LogP contribution in [0.2, 0.25) is 0 Å². The van der Waals surface area contributed by atoms with Crippen LogP contribution in [0.4, 0.5) is 5.82 Å². The predicted molar refractivity (Wildman–Crippen MR) is 54.0 cm³/mol. The molecular formula is C8H10BrN3O. The fourth-order valence-electron chi connectivity index (χ4n) is 0.934. The van der Waals surface area contributed by atoms with E-state index in [1.165, 1.54) is 6.92 Å². The molecule has 0 saturated heterocycles. The lowest BCUT2D eigenvalue weighted by molar-refractivity contribution is -0.118. The summed E-state index contributed by atoms with van der Waals surface area (Å²) in [5.41, 5.74) is 11.7. The molecule has 0 radical (unpaired) electrons. The van der Waals surface area contributed by atoms with Crippen LogP contribution in [-0.4, -0.2) is 10.8 Å². The average Bonchev–Trinajstić information content (AvgIpc) is 2.08. The molecule has 0 spiro atoms. The molecule has 5 heteroatoms. The highest BCUT2D eigenvalue weighted by atomic mass is 79.9. The van der Waals surface area contributed by atoms with Gasteiger partial charge in [-0.25, -0.2) is 4.98 Å². The highest BCUT2D eigenvalue weighted by Crippen LogP contribution is 2.21. The maximum atomic E-state index is 11.0. The van der Waals surface area contributed by atoms with Gasteiger partial charge in [0, 0.05) is 16.2 Å². The van der Waals surface area contributed by atoms with E-state index < -0.39 is 6.04 Å². The maximum Gasteiger partial charge on any atom is 0.151 e. The van der Waals surface area contributed by atoms with Gasteiger partial charge in [0.15, 0.2) is 5.78 Å². The second-order valence-electron chi connectivity index (χ2n) is 2.72. The highest BCUT2D eigenvalue weighted by Gasteiger charge is 2.14. The van der Waals surface area contributed by atoms with Crippen molar-refractivity contribution in [3.8, 4) is 0 Å². The molecule has 0 amide bonds. The van der Waals surface area contributed by atoms with E-state index in [2.05, 4.69) is 20.9 Å². The van der Waals surface area contributed by atoms with Crippen molar-refractivity contribution < 1.29 is 4.79 Å². The van der Waals surface area contributed by atoms with Crippen LogP contribution in [0.25, 0.3) is 0 Å². The van der Waals surface area contributed by atoms with Crippen LogP contribution < -0.4 is 11.5 Å². The van der Waals surface area contributed by atoms with Crippen LogP contribution in [0.3, 0.4) is 0 Å². The van der Waals surface area contributed by atoms with Gasteiger partial charge in [0.25, 0.3) is 0 Å². The van der Waals surface area contributed by atoms with Gasteiger partial charge >= 0.3 is 0 Å². The van der Waals surface area contributed by atoms with Crippen molar-refractivity contribution in [3.05, 3.63) is 22.3 Å². The van der Waals surface area contributed by atoms with Crippen molar-refractivity contribution in [1.82, 2.24) is 4.98 Å². The molecule has 13 heavy (non-hydrogen) atoms. The Morgan fingerprint density at radius 2 is 2.31 bits per heavy atom. The number of carbonyl (C=O) groups excluding carboxylic acids is 1. The van der Waals surface area contributed by atoms with Crippen LogP contribution in [0.5, 0.6) is 0 Å². The highest BCUT2D eigenvalue weighted by molar-refractivity contribution is 9.10. The Hall–Kier alpha value is -0.940. The van der Waals surface area contributed by atoms with E-state index >= 15 is 0 Å². The quantitative estimate of drug-likeness (QED) is 0.813. The number of anilines is 1. The monoisotopic (exact) mass is 243 g/mol. The van der Waals surface area contributed by atoms with E-state index in [0.29, 0.717) is 11.4 Å². The third-order valence-electron chi connectivity index (χ3n) is 1.69. The minimum atomic E-state index is -0.690. The van der Waals surface area contributed by atoms with Crippen molar-refractivity contribution >= 4 is 27.5 Å². The van der Waals surface area contributed by atoms with Crippen LogP contribution in [0.15, 0.2) is 16.7 Å². The Kier molecular flexibility index (Phi) is 3.00. The molecule has 0 saturated carbocycles. The van der Waals surface area contributed by atoms with Crippen LogP contribution in [0.1, 0.15) is 18.5 Å². The fraction of sp³-hybridized carbons (Fsp3) is 0.250. The zero-order valence-electron chi connectivity index (χ0n) is 7.12. The number of hydrogen-bond donors (Lipinski definition) is 2. The Bertz CT molecular complexity index is 340. The Balaban J connectivity index is 3.12. The fourth-order valence-corrected chi connectivity index (χ4v) is 1.28. The van der Waals surface area contributed by atoms with Gasteiger partial charge in [0.05, 0.1) is 6.04 Å². The molecule has 0 fully saturated rings. The average molecular weight is 244 g/mol. The van der Waals surface area contributed by atoms with Gasteiger partial charge in [0.1, 0.15) is 5.82 Å². The zero-order valence-corrected chi connectivity index (χ0v) is 8.71. The summed E-state index contributed by atoms with van der Waals surface area (Å²) in [7, 11) is 0. The van der Waals surface area contributed by atoms with Gasteiger partial charge in [-0.1, -0.05) is 0 Å². The summed E-state index contributed by atoms with van der Waals surface area (Å²) in [5, 5.41) is 0. The van der Waals surface area contributed by atoms with E-state index in [1.807, 2.05) is 0 Å². The molecule has 1 atom stereocenters. The molecule has 0 aliphatic heterocycles. The summed E-state index contributed by atoms with van der Waals surface area (Å²) < 4.78 is 0.758. The number of rotatable bonds is 2. The topological polar surface area (TPSA) is 82.0 Å². The van der Waals surface area contributed by atoms with Crippen molar-refractivity contribution in [3.63, 3.8) is 0 Å². The molecule has 1 unspecified atom stereocenters. The molecule has 0 aliphatic carbocycles. The minimum Gasteiger partial charge on any atom is -0.383 e. The first kappa shape index (κ1) is 10.1. The Morgan fingerprint density at radius 1 is 1.69 bits per heavy atom. The number of carbonyl (C=O) groups is 1. The number of nitrogens with zero attached hydrogens (tertiary/aromatic N) is 1. The number of ketones is 1. The van der Waals surface area contributed by atoms with E-state index in [9.17, 15) is 4.79 Å². The third-order valence-corrected chi connectivity index (χ3v) is 2.12. The molecule has 0 aliphatic rings. The smallest absolute Gasteiger partial charge is 0.151 e. The van der Waals surface area contributed by atoms with Crippen molar-refractivity contribution in [1.29, 1.82) is 0 Å². The molecule has 1 aromatic heterocycles. The largest absolute Gasteiger partial charge is 0.383 e. The molecule has 70 valence electrons. The summed E-state index contributed by atoms with van der Waals surface area (Å²) >= 11 is 3.23. The standard InChI is InChI=1S/C8H10BrN3O/c1-4(13)7(10)6-2-5(9)3-12-8(6)11/h2-3,7H,10H2,1H3,(H2,11,12). The Labute approximate surface area is 84.5 Å². The minimum absolute atomic E-state index is 0.133. The second kappa shape index (κ2) is 3.85. The second-order valence-corrected chi connectivity index (χ2v) is 3.63. The number of nitrogens with two attached hydrogens (primary N) is 2. The van der Waals surface area contributed by atoms with Gasteiger partial charge in [-0.05, 0) is 28.9 Å². The lowest BCUT2D eigenvalue weighted by Crippen LogP contribution is -2.20. The molecule has 4 N–H and O–H groups in total. The van der Waals surface area contributed by atoms with E-state index in [0.717, 1.165) is 4.47 Å². The van der Waals surface area contributed by atoms with E-state index in [1.54, 1.807) is 12.3 Å². The number of aromatic nitrogens is 1. The maximum absolute atomic E-state index is 11.0. The molecule has 4 nitrogen and oxygen atoms in total. The van der Waals surface area contributed by atoms with Gasteiger partial charge in [-0.3, -0.25) is 4.79 Å². The van der Waals surface area contributed by atoms with Gasteiger partial charge in [-0.15, -0.1) is 0 Å². The van der Waals surface area contributed by atoms with Crippen LogP contribution in [-0.2, 0) is 4.79 Å². The summed E-state index contributed by atoms with van der Waals surface area (Å²) in [5.74, 6) is 0.164. The lowest BCUT2D eigenvalue weighted by atomic mass is 10.1. The van der Waals surface area contributed by atoms with Crippen molar-refractivity contribution in [2.24, 2.45) is 5.73 Å². The molecule has 0 aromatic carbocycles. The normalized spacial score (nSPS) is 12.5. The molecule has 1 rings (SSSR count). The van der Waals surface area contributed by atoms with Gasteiger partial charge in [-0.2, -0.15) is 0 Å². The van der Waals surface area contributed by atoms with E-state index in [-0.39, 0.29) is 5.78 Å². The van der Waals surface area contributed by atoms with Crippen LogP contribution in [0, 0.1) is 0 Å². The molecular weight excluding hydrogens is 234 g/mol. The number of nitrogen functional groups attached to an aromatic ring is 1. The summed E-state index contributed by atoms with van der Waals surface area (Å²) in [6.45, 7) is 1.42. The van der Waals surface area contributed by atoms with Crippen LogP contribution >= 0.6 is 15.9 Å².